The van der Waals surface area contributed by atoms with E-state index in [1.165, 1.54) is 6.07 Å². The van der Waals surface area contributed by atoms with Crippen molar-refractivity contribution < 1.29 is 4.39 Å². The molecule has 0 radical (unpaired) electrons. The van der Waals surface area contributed by atoms with Gasteiger partial charge in [-0.25, -0.2) is 4.39 Å². The maximum Gasteiger partial charge on any atom is 0.123 e. The lowest BCUT2D eigenvalue weighted by Crippen LogP contribution is -2.43. The minimum atomic E-state index is -0.150. The van der Waals surface area contributed by atoms with E-state index in [0.717, 1.165) is 17.7 Å². The zero-order chi connectivity index (χ0) is 11.3. The fourth-order valence-corrected chi connectivity index (χ4v) is 2.79. The van der Waals surface area contributed by atoms with E-state index in [4.69, 9.17) is 0 Å². The van der Waals surface area contributed by atoms with Gasteiger partial charge in [-0.2, -0.15) is 0 Å². The minimum Gasteiger partial charge on any atom is -0.380 e. The highest BCUT2D eigenvalue weighted by molar-refractivity contribution is 5.58. The second-order valence-electron chi connectivity index (χ2n) is 5.76. The van der Waals surface area contributed by atoms with Crippen molar-refractivity contribution in [2.75, 3.05) is 5.32 Å². The second-order valence-corrected chi connectivity index (χ2v) is 5.76. The molecule has 15 heavy (non-hydrogen) atoms. The van der Waals surface area contributed by atoms with Crippen molar-refractivity contribution >= 4 is 5.69 Å². The van der Waals surface area contributed by atoms with Gasteiger partial charge in [0.1, 0.15) is 5.82 Å². The third-order valence-corrected chi connectivity index (χ3v) is 3.07. The van der Waals surface area contributed by atoms with Crippen LogP contribution in [-0.2, 0) is 5.41 Å². The molecule has 0 aromatic heterocycles. The Morgan fingerprint density at radius 2 is 1.87 bits per heavy atom. The highest BCUT2D eigenvalue weighted by atomic mass is 19.1. The number of anilines is 1. The van der Waals surface area contributed by atoms with E-state index in [0.29, 0.717) is 0 Å². The van der Waals surface area contributed by atoms with Crippen LogP contribution < -0.4 is 5.32 Å². The molecule has 0 saturated carbocycles. The molecule has 1 heterocycles. The summed E-state index contributed by atoms with van der Waals surface area (Å²) in [5.74, 6) is -0.150. The van der Waals surface area contributed by atoms with Crippen molar-refractivity contribution in [2.24, 2.45) is 0 Å². The van der Waals surface area contributed by atoms with E-state index in [2.05, 4.69) is 33.0 Å². The molecule has 0 amide bonds. The third kappa shape index (κ3) is 1.85. The van der Waals surface area contributed by atoms with Crippen molar-refractivity contribution in [2.45, 2.75) is 45.1 Å². The first-order chi connectivity index (χ1) is 6.80. The minimum absolute atomic E-state index is 0.0339. The Morgan fingerprint density at radius 3 is 2.53 bits per heavy atom. The van der Waals surface area contributed by atoms with Crippen LogP contribution in [0.3, 0.4) is 0 Å². The van der Waals surface area contributed by atoms with E-state index in [1.807, 2.05) is 6.07 Å². The third-order valence-electron chi connectivity index (χ3n) is 3.07. The van der Waals surface area contributed by atoms with Crippen LogP contribution in [0.5, 0.6) is 0 Å². The lowest BCUT2D eigenvalue weighted by molar-refractivity contribution is 0.354. The predicted molar refractivity (Wildman–Crippen MR) is 61.7 cm³/mol. The molecule has 0 fully saturated rings. The Balaban J connectivity index is 2.55. The summed E-state index contributed by atoms with van der Waals surface area (Å²) >= 11 is 0. The van der Waals surface area contributed by atoms with E-state index >= 15 is 0 Å². The van der Waals surface area contributed by atoms with Crippen LogP contribution in [0.4, 0.5) is 10.1 Å². The molecule has 0 spiro atoms. The fraction of sp³-hybridized carbons (Fsp3) is 0.538. The number of rotatable bonds is 0. The average Bonchev–Trinajstić information content (AvgIpc) is 2.03. The molecule has 0 unspecified atom stereocenters. The Bertz CT molecular complexity index is 394. The summed E-state index contributed by atoms with van der Waals surface area (Å²) in [4.78, 5) is 0. The molecule has 0 atom stereocenters. The normalized spacial score (nSPS) is 21.7. The monoisotopic (exact) mass is 207 g/mol. The average molecular weight is 207 g/mol. The molecule has 1 aliphatic heterocycles. The van der Waals surface area contributed by atoms with Gasteiger partial charge in [-0.05, 0) is 49.4 Å². The largest absolute Gasteiger partial charge is 0.380 e. The number of fused-ring (bicyclic) bond motifs is 1. The molecule has 0 bridgehead atoms. The van der Waals surface area contributed by atoms with E-state index in [-0.39, 0.29) is 16.8 Å². The van der Waals surface area contributed by atoms with Crippen molar-refractivity contribution in [3.63, 3.8) is 0 Å². The van der Waals surface area contributed by atoms with Crippen LogP contribution >= 0.6 is 0 Å². The quantitative estimate of drug-likeness (QED) is 0.684. The van der Waals surface area contributed by atoms with Gasteiger partial charge in [-0.15, -0.1) is 0 Å². The fourth-order valence-electron chi connectivity index (χ4n) is 2.79. The van der Waals surface area contributed by atoms with Crippen LogP contribution in [0.25, 0.3) is 0 Å². The SMILES string of the molecule is CC1(C)CC(C)(C)c2cc(F)ccc2N1. The van der Waals surface area contributed by atoms with E-state index < -0.39 is 0 Å². The molecule has 82 valence electrons. The number of nitrogens with one attached hydrogen (secondary N) is 1. The first kappa shape index (κ1) is 10.5. The standard InChI is InChI=1S/C13H18FN/c1-12(2)8-13(3,4)15-11-6-5-9(14)7-10(11)12/h5-7,15H,8H2,1-4H3. The van der Waals surface area contributed by atoms with Gasteiger partial charge >= 0.3 is 0 Å². The molecule has 1 aliphatic rings. The van der Waals surface area contributed by atoms with Gasteiger partial charge in [0.25, 0.3) is 0 Å². The van der Waals surface area contributed by atoms with Gasteiger partial charge in [-0.1, -0.05) is 13.8 Å². The first-order valence-electron chi connectivity index (χ1n) is 5.38. The maximum atomic E-state index is 13.2. The predicted octanol–water partition coefficient (Wildman–Crippen LogP) is 3.70. The van der Waals surface area contributed by atoms with Gasteiger partial charge in [0.05, 0.1) is 0 Å². The van der Waals surface area contributed by atoms with Gasteiger partial charge < -0.3 is 5.32 Å². The molecule has 1 nitrogen and oxygen atoms in total. The van der Waals surface area contributed by atoms with Gasteiger partial charge in [0.2, 0.25) is 0 Å². The summed E-state index contributed by atoms with van der Waals surface area (Å²) in [6.07, 6.45) is 1.01. The van der Waals surface area contributed by atoms with Crippen LogP contribution in [0, 0.1) is 5.82 Å². The lowest BCUT2D eigenvalue weighted by Gasteiger charge is -2.43. The van der Waals surface area contributed by atoms with Crippen molar-refractivity contribution in [1.29, 1.82) is 0 Å². The summed E-state index contributed by atoms with van der Waals surface area (Å²) in [6, 6.07) is 5.01. The van der Waals surface area contributed by atoms with Crippen LogP contribution in [-0.4, -0.2) is 5.54 Å². The van der Waals surface area contributed by atoms with Crippen molar-refractivity contribution in [1.82, 2.24) is 0 Å². The molecular weight excluding hydrogens is 189 g/mol. The Morgan fingerprint density at radius 1 is 1.20 bits per heavy atom. The molecule has 0 aliphatic carbocycles. The maximum absolute atomic E-state index is 13.2. The zero-order valence-electron chi connectivity index (χ0n) is 9.82. The highest BCUT2D eigenvalue weighted by Crippen LogP contribution is 2.42. The van der Waals surface area contributed by atoms with Gasteiger partial charge in [-0.3, -0.25) is 0 Å². The smallest absolute Gasteiger partial charge is 0.123 e. The van der Waals surface area contributed by atoms with Crippen LogP contribution in [0.15, 0.2) is 18.2 Å². The molecule has 1 aromatic rings. The Kier molecular flexibility index (Phi) is 2.07. The topological polar surface area (TPSA) is 12.0 Å². The Labute approximate surface area is 90.7 Å². The van der Waals surface area contributed by atoms with Crippen LogP contribution in [0.1, 0.15) is 39.7 Å². The molecule has 0 saturated heterocycles. The number of hydrogen-bond acceptors (Lipinski definition) is 1. The van der Waals surface area contributed by atoms with Gasteiger partial charge in [0, 0.05) is 11.2 Å². The number of halogens is 1. The highest BCUT2D eigenvalue weighted by Gasteiger charge is 2.36. The summed E-state index contributed by atoms with van der Waals surface area (Å²) in [5.41, 5.74) is 2.26. The zero-order valence-corrected chi connectivity index (χ0v) is 9.82. The van der Waals surface area contributed by atoms with E-state index in [9.17, 15) is 4.39 Å². The molecule has 2 heteroatoms. The molecule has 2 rings (SSSR count). The number of hydrogen-bond donors (Lipinski definition) is 1. The summed E-state index contributed by atoms with van der Waals surface area (Å²) < 4.78 is 13.2. The lowest BCUT2D eigenvalue weighted by atomic mass is 9.71. The van der Waals surface area contributed by atoms with Crippen molar-refractivity contribution in [3.8, 4) is 0 Å². The Hall–Kier alpha value is -1.05. The summed E-state index contributed by atoms with van der Waals surface area (Å²) in [5, 5.41) is 3.45. The summed E-state index contributed by atoms with van der Waals surface area (Å²) in [7, 11) is 0. The molecular formula is C13H18FN. The first-order valence-corrected chi connectivity index (χ1v) is 5.38. The number of benzene rings is 1. The van der Waals surface area contributed by atoms with Crippen LogP contribution in [0.2, 0.25) is 0 Å². The van der Waals surface area contributed by atoms with Crippen molar-refractivity contribution in [3.05, 3.63) is 29.6 Å². The molecule has 1 aromatic carbocycles. The van der Waals surface area contributed by atoms with E-state index in [1.54, 1.807) is 6.07 Å². The second kappa shape index (κ2) is 2.97. The molecule has 1 N–H and O–H groups in total. The summed E-state index contributed by atoms with van der Waals surface area (Å²) in [6.45, 7) is 8.71. The van der Waals surface area contributed by atoms with Gasteiger partial charge in [0.15, 0.2) is 0 Å².